The summed E-state index contributed by atoms with van der Waals surface area (Å²) in [6, 6.07) is 7.48. The van der Waals surface area contributed by atoms with Crippen LogP contribution in [0.15, 0.2) is 24.3 Å². The highest BCUT2D eigenvalue weighted by Gasteiger charge is 2.36. The Balaban J connectivity index is 1.95. The minimum atomic E-state index is -3.67. The minimum absolute atomic E-state index is 0.0333. The Labute approximate surface area is 131 Å². The lowest BCUT2D eigenvalue weighted by molar-refractivity contribution is -0.128. The topological polar surface area (TPSA) is 89.7 Å². The zero-order valence-electron chi connectivity index (χ0n) is 12.9. The van der Waals surface area contributed by atoms with Crippen molar-refractivity contribution >= 4 is 15.9 Å². The maximum Gasteiger partial charge on any atom is 0.224 e. The number of nitrogens with two attached hydrogens (primary N) is 1. The van der Waals surface area contributed by atoms with Crippen LogP contribution in [0.4, 0.5) is 0 Å². The highest BCUT2D eigenvalue weighted by Crippen LogP contribution is 2.20. The molecule has 0 aromatic heterocycles. The summed E-state index contributed by atoms with van der Waals surface area (Å²) in [5, 5.41) is 4.32. The lowest BCUT2D eigenvalue weighted by Gasteiger charge is -2.16. The van der Waals surface area contributed by atoms with Crippen LogP contribution >= 0.6 is 0 Å². The van der Waals surface area contributed by atoms with Gasteiger partial charge in [0, 0.05) is 19.5 Å². The molecule has 22 heavy (non-hydrogen) atoms. The van der Waals surface area contributed by atoms with Crippen LogP contribution < -0.4 is 9.88 Å². The fourth-order valence-electron chi connectivity index (χ4n) is 2.28. The normalized spacial score (nSPS) is 19.0. The van der Waals surface area contributed by atoms with Crippen LogP contribution in [-0.4, -0.2) is 37.6 Å². The molecule has 0 aliphatic carbocycles. The Morgan fingerprint density at radius 1 is 1.32 bits per heavy atom. The van der Waals surface area contributed by atoms with Gasteiger partial charge in [-0.05, 0) is 23.6 Å². The third-order valence-electron chi connectivity index (χ3n) is 3.52. The van der Waals surface area contributed by atoms with Gasteiger partial charge in [0.25, 0.3) is 0 Å². The lowest BCUT2D eigenvalue weighted by Crippen LogP contribution is -2.31. The van der Waals surface area contributed by atoms with Crippen molar-refractivity contribution in [2.45, 2.75) is 32.1 Å². The van der Waals surface area contributed by atoms with Crippen molar-refractivity contribution in [1.82, 2.24) is 4.90 Å². The van der Waals surface area contributed by atoms with Gasteiger partial charge in [-0.25, -0.2) is 13.6 Å². The summed E-state index contributed by atoms with van der Waals surface area (Å²) in [4.78, 5) is 13.4. The first kappa shape index (κ1) is 16.8. The molecular formula is C15H22N2O4S. The van der Waals surface area contributed by atoms with Gasteiger partial charge in [0.15, 0.2) is 0 Å². The molecule has 7 heteroatoms. The number of hydrogen-bond donors (Lipinski definition) is 1. The maximum atomic E-state index is 11.9. The van der Waals surface area contributed by atoms with E-state index in [9.17, 15) is 13.2 Å². The Morgan fingerprint density at radius 2 is 1.95 bits per heavy atom. The fraction of sp³-hybridized carbons (Fsp3) is 0.533. The predicted molar refractivity (Wildman–Crippen MR) is 83.7 cm³/mol. The van der Waals surface area contributed by atoms with E-state index in [4.69, 9.17) is 9.88 Å². The quantitative estimate of drug-likeness (QED) is 0.848. The van der Waals surface area contributed by atoms with E-state index in [1.807, 2.05) is 24.3 Å². The highest BCUT2D eigenvalue weighted by molar-refractivity contribution is 7.89. The molecule has 1 fully saturated rings. The molecule has 1 atom stereocenters. The van der Waals surface area contributed by atoms with Gasteiger partial charge in [0.2, 0.25) is 15.9 Å². The average molecular weight is 326 g/mol. The molecule has 1 amide bonds. The first-order chi connectivity index (χ1) is 10.3. The van der Waals surface area contributed by atoms with E-state index in [1.54, 1.807) is 0 Å². The Hall–Kier alpha value is -1.60. The van der Waals surface area contributed by atoms with Crippen molar-refractivity contribution in [3.05, 3.63) is 29.8 Å². The zero-order chi connectivity index (χ0) is 16.3. The summed E-state index contributed by atoms with van der Waals surface area (Å²) < 4.78 is 28.3. The summed E-state index contributed by atoms with van der Waals surface area (Å²) >= 11 is 0. The predicted octanol–water partition coefficient (Wildman–Crippen LogP) is 1.11. The molecule has 0 bridgehead atoms. The second kappa shape index (κ2) is 6.66. The molecule has 2 N–H and O–H groups in total. The molecule has 1 aromatic rings. The smallest absolute Gasteiger partial charge is 0.224 e. The number of amides is 1. The number of nitrogens with zero attached hydrogens (tertiary/aromatic N) is 1. The Bertz CT molecular complexity index is 625. The molecule has 2 rings (SSSR count). The number of primary sulfonamides is 1. The summed E-state index contributed by atoms with van der Waals surface area (Å²) in [7, 11) is -3.67. The van der Waals surface area contributed by atoms with Crippen LogP contribution in [0.25, 0.3) is 0 Å². The van der Waals surface area contributed by atoms with Crippen molar-refractivity contribution in [3.8, 4) is 5.75 Å². The van der Waals surface area contributed by atoms with E-state index in [-0.39, 0.29) is 18.9 Å². The van der Waals surface area contributed by atoms with Gasteiger partial charge in [-0.3, -0.25) is 4.79 Å². The number of carbonyl (C=O) groups is 1. The molecule has 1 unspecified atom stereocenters. The Kier molecular flexibility index (Phi) is 5.08. The van der Waals surface area contributed by atoms with Crippen molar-refractivity contribution in [2.24, 2.45) is 11.1 Å². The van der Waals surface area contributed by atoms with Crippen LogP contribution in [0.3, 0.4) is 0 Å². The van der Waals surface area contributed by atoms with Crippen LogP contribution in [0, 0.1) is 5.92 Å². The van der Waals surface area contributed by atoms with E-state index in [1.165, 1.54) is 4.90 Å². The monoisotopic (exact) mass is 326 g/mol. The zero-order valence-corrected chi connectivity index (χ0v) is 13.7. The standard InChI is InChI=1S/C15H22N2O4S/c1-11(2)10-21-13-5-3-12(4-6-13)8-17-9-14(7-15(17)18)22(16,19)20/h3-6,11,14H,7-10H2,1-2H3,(H2,16,19,20). The number of sulfonamides is 1. The van der Waals surface area contributed by atoms with Crippen LogP contribution in [-0.2, 0) is 21.4 Å². The van der Waals surface area contributed by atoms with Gasteiger partial charge in [-0.2, -0.15) is 0 Å². The largest absolute Gasteiger partial charge is 0.493 e. The average Bonchev–Trinajstić information content (AvgIpc) is 2.79. The highest BCUT2D eigenvalue weighted by atomic mass is 32.2. The molecule has 0 spiro atoms. The molecule has 122 valence electrons. The van der Waals surface area contributed by atoms with Gasteiger partial charge >= 0.3 is 0 Å². The molecule has 1 aromatic carbocycles. The number of ether oxygens (including phenoxy) is 1. The third-order valence-corrected chi connectivity index (χ3v) is 4.77. The van der Waals surface area contributed by atoms with Crippen LogP contribution in [0.1, 0.15) is 25.8 Å². The molecule has 1 heterocycles. The van der Waals surface area contributed by atoms with E-state index in [2.05, 4.69) is 13.8 Å². The van der Waals surface area contributed by atoms with E-state index in [0.717, 1.165) is 11.3 Å². The van der Waals surface area contributed by atoms with Gasteiger partial charge in [0.05, 0.1) is 6.61 Å². The van der Waals surface area contributed by atoms with E-state index >= 15 is 0 Å². The molecular weight excluding hydrogens is 304 g/mol. The summed E-state index contributed by atoms with van der Waals surface area (Å²) in [5.41, 5.74) is 0.931. The number of likely N-dealkylation sites (tertiary alicyclic amines) is 1. The second-order valence-electron chi connectivity index (χ2n) is 6.04. The molecule has 1 aliphatic heterocycles. The summed E-state index contributed by atoms with van der Waals surface area (Å²) in [6.07, 6.45) is -0.0333. The third kappa shape index (κ3) is 4.45. The Morgan fingerprint density at radius 3 is 2.45 bits per heavy atom. The van der Waals surface area contributed by atoms with E-state index in [0.29, 0.717) is 19.1 Å². The van der Waals surface area contributed by atoms with Crippen molar-refractivity contribution in [2.75, 3.05) is 13.2 Å². The summed E-state index contributed by atoms with van der Waals surface area (Å²) in [5.74, 6) is 1.06. The van der Waals surface area contributed by atoms with Crippen molar-refractivity contribution in [1.29, 1.82) is 0 Å². The fourth-order valence-corrected chi connectivity index (χ4v) is 3.05. The molecule has 6 nitrogen and oxygen atoms in total. The van der Waals surface area contributed by atoms with Gasteiger partial charge in [0.1, 0.15) is 11.0 Å². The lowest BCUT2D eigenvalue weighted by atomic mass is 10.2. The van der Waals surface area contributed by atoms with Crippen LogP contribution in [0.5, 0.6) is 5.75 Å². The van der Waals surface area contributed by atoms with Crippen LogP contribution in [0.2, 0.25) is 0 Å². The molecule has 0 saturated carbocycles. The second-order valence-corrected chi connectivity index (χ2v) is 7.88. The molecule has 1 aliphatic rings. The first-order valence-electron chi connectivity index (χ1n) is 7.27. The first-order valence-corrected chi connectivity index (χ1v) is 8.88. The molecule has 1 saturated heterocycles. The maximum absolute atomic E-state index is 11.9. The SMILES string of the molecule is CC(C)COc1ccc(CN2CC(S(N)(=O)=O)CC2=O)cc1. The van der Waals surface area contributed by atoms with Gasteiger partial charge in [-0.1, -0.05) is 26.0 Å². The number of benzene rings is 1. The number of rotatable bonds is 6. The van der Waals surface area contributed by atoms with E-state index < -0.39 is 15.3 Å². The van der Waals surface area contributed by atoms with Crippen molar-refractivity contribution < 1.29 is 17.9 Å². The molecule has 0 radical (unpaired) electrons. The minimum Gasteiger partial charge on any atom is -0.493 e. The van der Waals surface area contributed by atoms with Crippen molar-refractivity contribution in [3.63, 3.8) is 0 Å². The summed E-state index contributed by atoms with van der Waals surface area (Å²) in [6.45, 7) is 5.35. The number of hydrogen-bond acceptors (Lipinski definition) is 4. The van der Waals surface area contributed by atoms with Gasteiger partial charge in [-0.15, -0.1) is 0 Å². The number of carbonyl (C=O) groups excluding carboxylic acids is 1. The van der Waals surface area contributed by atoms with Gasteiger partial charge < -0.3 is 9.64 Å².